The maximum Gasteiger partial charge on any atom is 0.454 e. The maximum atomic E-state index is 13.2. The predicted octanol–water partition coefficient (Wildman–Crippen LogP) is 5.93. The number of rotatable bonds is 2. The fourth-order valence-electron chi connectivity index (χ4n) is 2.08. The molecule has 1 heterocycles. The second-order valence-electron chi connectivity index (χ2n) is 4.45. The fraction of sp³-hybridized carbons (Fsp3) is 0.167. The van der Waals surface area contributed by atoms with E-state index in [2.05, 4.69) is 0 Å². The molecule has 0 radical (unpaired) electrons. The summed E-state index contributed by atoms with van der Waals surface area (Å²) in [7, 11) is 0. The highest BCUT2D eigenvalue weighted by molar-refractivity contribution is 6.43. The van der Waals surface area contributed by atoms with Crippen LogP contribution < -0.4 is 0 Å². The van der Waals surface area contributed by atoms with Gasteiger partial charge in [0.2, 0.25) is 5.69 Å². The second-order valence-corrected chi connectivity index (χ2v) is 5.24. The zero-order valence-corrected chi connectivity index (χ0v) is 12.5. The van der Waals surface area contributed by atoms with E-state index in [9.17, 15) is 36.5 Å². The molecule has 0 aliphatic carbocycles. The lowest BCUT2D eigenvalue weighted by atomic mass is 10.0. The van der Waals surface area contributed by atoms with Gasteiger partial charge in [0.05, 0.1) is 15.6 Å². The number of benzene rings is 1. The maximum absolute atomic E-state index is 13.2. The molecule has 0 unspecified atom stereocenters. The van der Waals surface area contributed by atoms with Crippen LogP contribution in [0.3, 0.4) is 0 Å². The topological polar surface area (TPSA) is 58.9 Å². The van der Waals surface area contributed by atoms with Crippen molar-refractivity contribution in [2.45, 2.75) is 12.4 Å². The molecule has 2 aromatic rings. The van der Waals surface area contributed by atoms with Gasteiger partial charge in [0.15, 0.2) is 0 Å². The lowest BCUT2D eigenvalue weighted by molar-refractivity contribution is -0.388. The summed E-state index contributed by atoms with van der Waals surface area (Å²) < 4.78 is 78.4. The van der Waals surface area contributed by atoms with Crippen LogP contribution in [0.4, 0.5) is 32.2 Å². The highest BCUT2D eigenvalue weighted by atomic mass is 35.5. The quantitative estimate of drug-likeness (QED) is 0.390. The average molecular weight is 393 g/mol. The number of nitrogens with zero attached hydrogens (tertiary/aromatic N) is 1. The third-order valence-corrected chi connectivity index (χ3v) is 3.77. The van der Waals surface area contributed by atoms with Crippen LogP contribution in [0.1, 0.15) is 11.3 Å². The summed E-state index contributed by atoms with van der Waals surface area (Å²) in [5.41, 5.74) is -6.49. The molecule has 0 spiro atoms. The number of aromatic amines is 1. The molecule has 0 bridgehead atoms. The first-order chi connectivity index (χ1) is 10.9. The van der Waals surface area contributed by atoms with E-state index < -0.39 is 50.5 Å². The van der Waals surface area contributed by atoms with Gasteiger partial charge in [-0.1, -0.05) is 35.3 Å². The van der Waals surface area contributed by atoms with Crippen molar-refractivity contribution in [2.75, 3.05) is 0 Å². The van der Waals surface area contributed by atoms with Crippen molar-refractivity contribution in [2.24, 2.45) is 0 Å². The van der Waals surface area contributed by atoms with Gasteiger partial charge in [0, 0.05) is 5.56 Å². The van der Waals surface area contributed by atoms with E-state index in [-0.39, 0.29) is 5.02 Å². The van der Waals surface area contributed by atoms with Crippen molar-refractivity contribution in [1.82, 2.24) is 4.98 Å². The van der Waals surface area contributed by atoms with Gasteiger partial charge < -0.3 is 10.1 Å². The summed E-state index contributed by atoms with van der Waals surface area (Å²) in [5.74, 6) is -1.49. The molecule has 0 fully saturated rings. The van der Waals surface area contributed by atoms with E-state index in [4.69, 9.17) is 23.2 Å². The smallest absolute Gasteiger partial charge is 0.358 e. The molecule has 0 saturated heterocycles. The van der Waals surface area contributed by atoms with Gasteiger partial charge in [0.1, 0.15) is 5.56 Å². The zero-order valence-electron chi connectivity index (χ0n) is 11.0. The highest BCUT2D eigenvalue weighted by Gasteiger charge is 2.52. The standard InChI is InChI=1S/C12H4Cl2F6N2O2/c13-5-3-1-2-4(8(5)14)6-7(11(15,16)17)9(12(18,19)20)21-10(6)22(23)24/h1-3,21H. The van der Waals surface area contributed by atoms with E-state index in [0.717, 1.165) is 12.1 Å². The summed E-state index contributed by atoms with van der Waals surface area (Å²) in [5, 5.41) is 10.2. The number of nitro groups is 1. The van der Waals surface area contributed by atoms with Crippen LogP contribution in [-0.4, -0.2) is 9.91 Å². The van der Waals surface area contributed by atoms with Gasteiger partial charge in [-0.05, 0) is 11.0 Å². The van der Waals surface area contributed by atoms with E-state index in [1.54, 1.807) is 0 Å². The number of H-pyrrole nitrogens is 1. The number of hydrogen-bond donors (Lipinski definition) is 1. The molecule has 1 aromatic heterocycles. The van der Waals surface area contributed by atoms with Crippen LogP contribution in [-0.2, 0) is 12.4 Å². The molecule has 12 heteroatoms. The normalized spacial score (nSPS) is 12.5. The number of hydrogen-bond acceptors (Lipinski definition) is 2. The van der Waals surface area contributed by atoms with E-state index in [1.165, 1.54) is 11.1 Å². The monoisotopic (exact) mass is 392 g/mol. The largest absolute Gasteiger partial charge is 0.454 e. The van der Waals surface area contributed by atoms with Gasteiger partial charge in [-0.25, -0.2) is 4.98 Å². The average Bonchev–Trinajstić information content (AvgIpc) is 2.82. The van der Waals surface area contributed by atoms with Crippen LogP contribution >= 0.6 is 23.2 Å². The van der Waals surface area contributed by atoms with Crippen LogP contribution in [0.25, 0.3) is 11.1 Å². The van der Waals surface area contributed by atoms with Gasteiger partial charge in [-0.3, -0.25) is 0 Å². The fourth-order valence-corrected chi connectivity index (χ4v) is 2.47. The van der Waals surface area contributed by atoms with Crippen molar-refractivity contribution in [3.05, 3.63) is 49.6 Å². The van der Waals surface area contributed by atoms with Crippen molar-refractivity contribution in [3.63, 3.8) is 0 Å². The summed E-state index contributed by atoms with van der Waals surface area (Å²) in [6, 6.07) is 3.18. The molecule has 0 aliphatic rings. The van der Waals surface area contributed by atoms with Crippen molar-refractivity contribution in [3.8, 4) is 11.1 Å². The summed E-state index contributed by atoms with van der Waals surface area (Å²) in [6.07, 6.45) is -11.0. The molecule has 1 aromatic carbocycles. The Morgan fingerprint density at radius 3 is 2.08 bits per heavy atom. The van der Waals surface area contributed by atoms with Crippen LogP contribution in [0.5, 0.6) is 0 Å². The molecule has 4 nitrogen and oxygen atoms in total. The molecule has 130 valence electrons. The molecular formula is C12H4Cl2F6N2O2. The minimum Gasteiger partial charge on any atom is -0.358 e. The Hall–Kier alpha value is -1.94. The first kappa shape index (κ1) is 18.4. The first-order valence-corrected chi connectivity index (χ1v) is 6.60. The molecule has 0 aliphatic heterocycles. The highest BCUT2D eigenvalue weighted by Crippen LogP contribution is 2.50. The molecule has 0 amide bonds. The minimum absolute atomic E-state index is 0.272. The minimum atomic E-state index is -5.53. The summed E-state index contributed by atoms with van der Waals surface area (Å²) in [6.45, 7) is 0. The Kier molecular flexibility index (Phi) is 4.49. The summed E-state index contributed by atoms with van der Waals surface area (Å²) in [4.78, 5) is 10.8. The molecule has 24 heavy (non-hydrogen) atoms. The van der Waals surface area contributed by atoms with Crippen LogP contribution in [0, 0.1) is 10.1 Å². The second kappa shape index (κ2) is 5.85. The van der Waals surface area contributed by atoms with E-state index in [1.807, 2.05) is 0 Å². The number of alkyl halides is 6. The first-order valence-electron chi connectivity index (χ1n) is 5.84. The number of aromatic nitrogens is 1. The number of nitrogens with one attached hydrogen (secondary N) is 1. The van der Waals surface area contributed by atoms with Gasteiger partial charge in [-0.2, -0.15) is 26.3 Å². The Morgan fingerprint density at radius 1 is 1.04 bits per heavy atom. The van der Waals surface area contributed by atoms with E-state index >= 15 is 0 Å². The lowest BCUT2D eigenvalue weighted by Crippen LogP contribution is -2.16. The SMILES string of the molecule is O=[N+]([O-])c1[nH]c(C(F)(F)F)c(C(F)(F)F)c1-c1cccc(Cl)c1Cl. The third-order valence-electron chi connectivity index (χ3n) is 2.95. The molecular weight excluding hydrogens is 389 g/mol. The molecule has 0 saturated carbocycles. The van der Waals surface area contributed by atoms with Crippen molar-refractivity contribution < 1.29 is 31.3 Å². The van der Waals surface area contributed by atoms with Gasteiger partial charge in [-0.15, -0.1) is 0 Å². The van der Waals surface area contributed by atoms with Crippen molar-refractivity contribution in [1.29, 1.82) is 0 Å². The van der Waals surface area contributed by atoms with Crippen molar-refractivity contribution >= 4 is 29.0 Å². The van der Waals surface area contributed by atoms with Crippen LogP contribution in [0.2, 0.25) is 10.0 Å². The Labute approximate surface area is 139 Å². The van der Waals surface area contributed by atoms with Gasteiger partial charge >= 0.3 is 18.2 Å². The van der Waals surface area contributed by atoms with Gasteiger partial charge in [0.25, 0.3) is 0 Å². The Morgan fingerprint density at radius 2 is 1.62 bits per heavy atom. The Bertz CT molecular complexity index is 813. The zero-order chi connectivity index (χ0) is 18.4. The van der Waals surface area contributed by atoms with E-state index in [0.29, 0.717) is 0 Å². The lowest BCUT2D eigenvalue weighted by Gasteiger charge is -2.12. The Balaban J connectivity index is 3.00. The van der Waals surface area contributed by atoms with Crippen LogP contribution in [0.15, 0.2) is 18.2 Å². The molecule has 1 N–H and O–H groups in total. The molecule has 2 rings (SSSR count). The predicted molar refractivity (Wildman–Crippen MR) is 72.9 cm³/mol. The third kappa shape index (κ3) is 3.16. The molecule has 0 atom stereocenters. The number of halogens is 8. The summed E-state index contributed by atoms with van der Waals surface area (Å²) >= 11 is 11.4.